The zero-order chi connectivity index (χ0) is 14.2. The molecule has 0 unspecified atom stereocenters. The molecule has 0 aliphatic rings. The maximum atomic E-state index is 13.2. The van der Waals surface area contributed by atoms with E-state index in [1.165, 1.54) is 12.1 Å². The Kier molecular flexibility index (Phi) is 2.53. The summed E-state index contributed by atoms with van der Waals surface area (Å²) in [5.41, 5.74) is 3.12. The number of aromatic nitrogens is 4. The third-order valence-corrected chi connectivity index (χ3v) is 3.18. The minimum Gasteiger partial charge on any atom is -0.345 e. The van der Waals surface area contributed by atoms with Crippen LogP contribution in [0.5, 0.6) is 0 Å². The van der Waals surface area contributed by atoms with Gasteiger partial charge < -0.3 is 9.51 Å². The molecule has 2 aromatic heterocycles. The molecule has 6 heteroatoms. The summed E-state index contributed by atoms with van der Waals surface area (Å²) >= 11 is 0. The van der Waals surface area contributed by atoms with Gasteiger partial charge in [-0.2, -0.15) is 4.98 Å². The highest BCUT2D eigenvalue weighted by atomic mass is 19.1. The summed E-state index contributed by atoms with van der Waals surface area (Å²) in [7, 11) is 0. The molecular weight excluding hydrogens is 271 g/mol. The van der Waals surface area contributed by atoms with Crippen molar-refractivity contribution in [3.8, 4) is 22.8 Å². The van der Waals surface area contributed by atoms with Crippen LogP contribution in [-0.4, -0.2) is 20.1 Å². The van der Waals surface area contributed by atoms with E-state index in [0.29, 0.717) is 11.4 Å². The van der Waals surface area contributed by atoms with Gasteiger partial charge in [0, 0.05) is 11.1 Å². The molecule has 0 bridgehead atoms. The minimum absolute atomic E-state index is 0.286. The molecular formula is C15H9FN4O. The van der Waals surface area contributed by atoms with Crippen molar-refractivity contribution in [2.75, 3.05) is 0 Å². The van der Waals surface area contributed by atoms with Gasteiger partial charge in [0.05, 0.1) is 17.4 Å². The molecule has 5 nitrogen and oxygen atoms in total. The van der Waals surface area contributed by atoms with Crippen LogP contribution in [0, 0.1) is 5.82 Å². The summed E-state index contributed by atoms with van der Waals surface area (Å²) in [6.45, 7) is 0. The molecule has 2 heterocycles. The first-order valence-electron chi connectivity index (χ1n) is 6.33. The molecule has 0 amide bonds. The van der Waals surface area contributed by atoms with Gasteiger partial charge in [-0.15, -0.1) is 0 Å². The quantitative estimate of drug-likeness (QED) is 0.611. The second-order valence-electron chi connectivity index (χ2n) is 4.57. The maximum Gasteiger partial charge on any atom is 0.258 e. The normalized spacial score (nSPS) is 11.1. The van der Waals surface area contributed by atoms with Crippen LogP contribution in [0.2, 0.25) is 0 Å². The van der Waals surface area contributed by atoms with Gasteiger partial charge in [0.25, 0.3) is 5.89 Å². The lowest BCUT2D eigenvalue weighted by Gasteiger charge is -1.94. The second kappa shape index (κ2) is 4.52. The van der Waals surface area contributed by atoms with Crippen LogP contribution in [0.4, 0.5) is 4.39 Å². The lowest BCUT2D eigenvalue weighted by molar-refractivity contribution is 0.432. The standard InChI is InChI=1S/C15H9FN4O/c16-11-3-1-2-10(6-11)15-19-14(20-21-15)9-4-5-12-13(7-9)18-8-17-12/h1-8H,(H,17,18). The lowest BCUT2D eigenvalue weighted by atomic mass is 10.2. The van der Waals surface area contributed by atoms with Crippen LogP contribution in [0.25, 0.3) is 33.9 Å². The molecule has 21 heavy (non-hydrogen) atoms. The van der Waals surface area contributed by atoms with Crippen LogP contribution in [0.15, 0.2) is 53.3 Å². The summed E-state index contributed by atoms with van der Waals surface area (Å²) in [5, 5.41) is 3.94. The number of benzene rings is 2. The van der Waals surface area contributed by atoms with Gasteiger partial charge in [-0.3, -0.25) is 0 Å². The summed E-state index contributed by atoms with van der Waals surface area (Å²) in [5.74, 6) is 0.395. The molecule has 0 saturated carbocycles. The number of rotatable bonds is 2. The predicted octanol–water partition coefficient (Wildman–Crippen LogP) is 3.42. The van der Waals surface area contributed by atoms with E-state index in [-0.39, 0.29) is 11.7 Å². The van der Waals surface area contributed by atoms with E-state index in [0.717, 1.165) is 16.6 Å². The minimum atomic E-state index is -0.342. The molecule has 0 spiro atoms. The maximum absolute atomic E-state index is 13.2. The number of nitrogens with zero attached hydrogens (tertiary/aromatic N) is 3. The first-order valence-corrected chi connectivity index (χ1v) is 6.33. The van der Waals surface area contributed by atoms with Crippen LogP contribution in [-0.2, 0) is 0 Å². The van der Waals surface area contributed by atoms with Gasteiger partial charge in [-0.1, -0.05) is 11.2 Å². The van der Waals surface area contributed by atoms with Gasteiger partial charge >= 0.3 is 0 Å². The molecule has 102 valence electrons. The topological polar surface area (TPSA) is 67.6 Å². The number of fused-ring (bicyclic) bond motifs is 1. The van der Waals surface area contributed by atoms with E-state index in [1.807, 2.05) is 18.2 Å². The highest BCUT2D eigenvalue weighted by Gasteiger charge is 2.11. The smallest absolute Gasteiger partial charge is 0.258 e. The summed E-state index contributed by atoms with van der Waals surface area (Å²) < 4.78 is 18.4. The van der Waals surface area contributed by atoms with Gasteiger partial charge in [-0.25, -0.2) is 9.37 Å². The Morgan fingerprint density at radius 1 is 1.05 bits per heavy atom. The third-order valence-electron chi connectivity index (χ3n) is 3.18. The Labute approximate surface area is 118 Å². The van der Waals surface area contributed by atoms with Crippen molar-refractivity contribution < 1.29 is 8.91 Å². The Morgan fingerprint density at radius 3 is 2.90 bits per heavy atom. The molecule has 2 aromatic carbocycles. The van der Waals surface area contributed by atoms with Crippen molar-refractivity contribution in [1.82, 2.24) is 20.1 Å². The first kappa shape index (κ1) is 11.8. The number of hydrogen-bond donors (Lipinski definition) is 1. The van der Waals surface area contributed by atoms with E-state index in [4.69, 9.17) is 4.52 Å². The summed E-state index contributed by atoms with van der Waals surface area (Å²) in [6, 6.07) is 11.7. The van der Waals surface area contributed by atoms with Gasteiger partial charge in [0.2, 0.25) is 5.82 Å². The van der Waals surface area contributed by atoms with E-state index < -0.39 is 0 Å². The summed E-state index contributed by atoms with van der Waals surface area (Å²) in [6.07, 6.45) is 1.63. The molecule has 0 atom stereocenters. The fourth-order valence-electron chi connectivity index (χ4n) is 2.15. The molecule has 0 radical (unpaired) electrons. The van der Waals surface area contributed by atoms with Gasteiger partial charge in [-0.05, 0) is 36.4 Å². The number of aromatic amines is 1. The van der Waals surface area contributed by atoms with Gasteiger partial charge in [0.1, 0.15) is 5.82 Å². The van der Waals surface area contributed by atoms with Crippen molar-refractivity contribution in [3.05, 3.63) is 54.6 Å². The molecule has 4 rings (SSSR count). The van der Waals surface area contributed by atoms with E-state index in [9.17, 15) is 4.39 Å². The average Bonchev–Trinajstić information content (AvgIpc) is 3.15. The van der Waals surface area contributed by atoms with Crippen molar-refractivity contribution in [1.29, 1.82) is 0 Å². The fourth-order valence-corrected chi connectivity index (χ4v) is 2.15. The highest BCUT2D eigenvalue weighted by molar-refractivity contribution is 5.80. The lowest BCUT2D eigenvalue weighted by Crippen LogP contribution is -1.82. The fraction of sp³-hybridized carbons (Fsp3) is 0. The summed E-state index contributed by atoms with van der Waals surface area (Å²) in [4.78, 5) is 11.5. The Bertz CT molecular complexity index is 928. The van der Waals surface area contributed by atoms with E-state index in [1.54, 1.807) is 18.5 Å². The van der Waals surface area contributed by atoms with Crippen molar-refractivity contribution in [3.63, 3.8) is 0 Å². The molecule has 0 aliphatic carbocycles. The third kappa shape index (κ3) is 2.06. The number of halogens is 1. The van der Waals surface area contributed by atoms with Crippen LogP contribution in [0.1, 0.15) is 0 Å². The molecule has 0 fully saturated rings. The zero-order valence-electron chi connectivity index (χ0n) is 10.7. The monoisotopic (exact) mass is 280 g/mol. The largest absolute Gasteiger partial charge is 0.345 e. The van der Waals surface area contributed by atoms with Crippen molar-refractivity contribution in [2.45, 2.75) is 0 Å². The number of imidazole rings is 1. The number of H-pyrrole nitrogens is 1. The zero-order valence-corrected chi connectivity index (χ0v) is 10.7. The second-order valence-corrected chi connectivity index (χ2v) is 4.57. The van der Waals surface area contributed by atoms with Crippen LogP contribution in [0.3, 0.4) is 0 Å². The molecule has 0 saturated heterocycles. The van der Waals surface area contributed by atoms with Gasteiger partial charge in [0.15, 0.2) is 0 Å². The Morgan fingerprint density at radius 2 is 2.00 bits per heavy atom. The van der Waals surface area contributed by atoms with Crippen LogP contribution >= 0.6 is 0 Å². The van der Waals surface area contributed by atoms with E-state index >= 15 is 0 Å². The Hall–Kier alpha value is -3.02. The molecule has 0 aliphatic heterocycles. The Balaban J connectivity index is 1.76. The number of hydrogen-bond acceptors (Lipinski definition) is 4. The number of nitrogens with one attached hydrogen (secondary N) is 1. The van der Waals surface area contributed by atoms with E-state index in [2.05, 4.69) is 20.1 Å². The highest BCUT2D eigenvalue weighted by Crippen LogP contribution is 2.24. The van der Waals surface area contributed by atoms with Crippen LogP contribution < -0.4 is 0 Å². The SMILES string of the molecule is Fc1cccc(-c2nc(-c3ccc4nc[nH]c4c3)no2)c1. The molecule has 1 N–H and O–H groups in total. The molecule has 4 aromatic rings. The van der Waals surface area contributed by atoms with Crippen molar-refractivity contribution >= 4 is 11.0 Å². The average molecular weight is 280 g/mol. The predicted molar refractivity (Wildman–Crippen MR) is 74.8 cm³/mol. The van der Waals surface area contributed by atoms with Crippen molar-refractivity contribution in [2.24, 2.45) is 0 Å². The first-order chi connectivity index (χ1) is 10.3.